The molecule has 0 amide bonds. The molecule has 59 heavy (non-hydrogen) atoms. The summed E-state index contributed by atoms with van der Waals surface area (Å²) in [4.78, 5) is 5.26. The van der Waals surface area contributed by atoms with Crippen molar-refractivity contribution in [2.24, 2.45) is 10.7 Å². The fraction of sp³-hybridized carbons (Fsp3) is 0.0702. The monoisotopic (exact) mass is 756 g/mol. The molecule has 282 valence electrons. The number of benzene rings is 9. The Bertz CT molecular complexity index is 3080. The van der Waals surface area contributed by atoms with Crippen molar-refractivity contribution in [1.29, 1.82) is 0 Å². The Morgan fingerprint density at radius 3 is 1.86 bits per heavy atom. The zero-order chi connectivity index (χ0) is 39.9. The molecule has 0 atom stereocenters. The van der Waals surface area contributed by atoms with Gasteiger partial charge in [0, 0.05) is 16.5 Å². The smallest absolute Gasteiger partial charge is 0.131 e. The maximum Gasteiger partial charge on any atom is 0.131 e. The lowest BCUT2D eigenvalue weighted by Gasteiger charge is -2.24. The molecular weight excluding hydrogens is 713 g/mol. The van der Waals surface area contributed by atoms with Gasteiger partial charge in [0.15, 0.2) is 0 Å². The highest BCUT2D eigenvalue weighted by Crippen LogP contribution is 2.52. The highest BCUT2D eigenvalue weighted by atomic mass is 14.9. The normalized spacial score (nSPS) is 13.4. The van der Waals surface area contributed by atoms with E-state index in [1.807, 2.05) is 6.07 Å². The Labute approximate surface area is 346 Å². The summed E-state index contributed by atoms with van der Waals surface area (Å²) in [5.41, 5.74) is 23.4. The molecule has 0 heterocycles. The molecule has 0 unspecified atom stereocenters. The van der Waals surface area contributed by atoms with Crippen LogP contribution in [0.4, 0.5) is 0 Å². The van der Waals surface area contributed by atoms with Gasteiger partial charge in [0.1, 0.15) is 5.84 Å². The first kappa shape index (κ1) is 36.1. The van der Waals surface area contributed by atoms with E-state index >= 15 is 0 Å². The molecule has 9 aromatic carbocycles. The Hall–Kier alpha value is -7.29. The molecule has 1 aliphatic carbocycles. The maximum absolute atomic E-state index is 6.93. The topological polar surface area (TPSA) is 38.4 Å². The molecule has 0 spiro atoms. The van der Waals surface area contributed by atoms with Crippen LogP contribution in [-0.4, -0.2) is 5.84 Å². The number of hydrogen-bond donors (Lipinski definition) is 1. The minimum absolute atomic E-state index is 0.144. The van der Waals surface area contributed by atoms with Crippen LogP contribution in [0.25, 0.3) is 71.7 Å². The number of nitrogens with zero attached hydrogens (tertiary/aromatic N) is 1. The Kier molecular flexibility index (Phi) is 9.11. The van der Waals surface area contributed by atoms with Crippen LogP contribution < -0.4 is 5.73 Å². The van der Waals surface area contributed by atoms with E-state index in [-0.39, 0.29) is 5.41 Å². The number of fused-ring (bicyclic) bond motifs is 6. The van der Waals surface area contributed by atoms with Gasteiger partial charge in [0.2, 0.25) is 0 Å². The minimum atomic E-state index is -0.144. The molecule has 9 aromatic rings. The largest absolute Gasteiger partial charge is 0.383 e. The van der Waals surface area contributed by atoms with Gasteiger partial charge in [-0.3, -0.25) is 0 Å². The summed E-state index contributed by atoms with van der Waals surface area (Å²) >= 11 is 0. The predicted octanol–water partition coefficient (Wildman–Crippen LogP) is 14.3. The van der Waals surface area contributed by atoms with Gasteiger partial charge in [-0.25, -0.2) is 4.99 Å². The van der Waals surface area contributed by atoms with Crippen molar-refractivity contribution in [3.05, 3.63) is 234 Å². The third-order valence-electron chi connectivity index (χ3n) is 12.2. The van der Waals surface area contributed by atoms with Gasteiger partial charge >= 0.3 is 0 Å². The van der Waals surface area contributed by atoms with Gasteiger partial charge in [-0.15, -0.1) is 0 Å². The lowest BCUT2D eigenvalue weighted by Crippen LogP contribution is -2.15. The van der Waals surface area contributed by atoms with Crippen LogP contribution in [0, 0.1) is 0 Å². The van der Waals surface area contributed by atoms with E-state index in [0.717, 1.165) is 27.8 Å². The molecule has 0 fully saturated rings. The van der Waals surface area contributed by atoms with Crippen molar-refractivity contribution in [2.75, 3.05) is 0 Å². The fourth-order valence-corrected chi connectivity index (χ4v) is 9.22. The van der Waals surface area contributed by atoms with Crippen LogP contribution in [0.15, 0.2) is 211 Å². The van der Waals surface area contributed by atoms with Crippen molar-refractivity contribution in [2.45, 2.75) is 25.7 Å². The van der Waals surface area contributed by atoms with Crippen LogP contribution in [0.3, 0.4) is 0 Å². The highest BCUT2D eigenvalue weighted by molar-refractivity contribution is 6.07. The van der Waals surface area contributed by atoms with E-state index in [2.05, 4.69) is 214 Å². The number of nitrogens with two attached hydrogens (primary N) is 1. The molecule has 2 heteroatoms. The van der Waals surface area contributed by atoms with Crippen molar-refractivity contribution in [3.8, 4) is 44.5 Å². The first-order chi connectivity index (χ1) is 28.9. The number of aliphatic imine (C=N–C) groups is 1. The van der Waals surface area contributed by atoms with Crippen LogP contribution in [0.5, 0.6) is 0 Å². The summed E-state index contributed by atoms with van der Waals surface area (Å²) in [5.74, 6) is 0.480. The second-order valence-corrected chi connectivity index (χ2v) is 16.1. The molecule has 0 saturated carbocycles. The molecule has 0 aliphatic heterocycles. The Morgan fingerprint density at radius 1 is 0.492 bits per heavy atom. The second kappa shape index (κ2) is 14.9. The molecule has 2 nitrogen and oxygen atoms in total. The first-order valence-corrected chi connectivity index (χ1v) is 20.5. The number of rotatable bonds is 8. The summed E-state index contributed by atoms with van der Waals surface area (Å²) < 4.78 is 0. The molecule has 0 bridgehead atoms. The first-order valence-electron chi connectivity index (χ1n) is 20.5. The molecular formula is C57H44N2. The van der Waals surface area contributed by atoms with Crippen LogP contribution in [0.2, 0.25) is 0 Å². The summed E-state index contributed by atoms with van der Waals surface area (Å²) in [6.45, 7) is 4.75. The van der Waals surface area contributed by atoms with Gasteiger partial charge in [0.25, 0.3) is 0 Å². The van der Waals surface area contributed by atoms with Gasteiger partial charge in [-0.2, -0.15) is 0 Å². The molecule has 0 radical (unpaired) electrons. The molecule has 0 aromatic heterocycles. The van der Waals surface area contributed by atoms with Crippen molar-refractivity contribution in [1.82, 2.24) is 0 Å². The number of allylic oxidation sites excluding steroid dienone is 1. The summed E-state index contributed by atoms with van der Waals surface area (Å²) in [6.07, 6.45) is 2.93. The zero-order valence-electron chi connectivity index (χ0n) is 33.4. The van der Waals surface area contributed by atoms with E-state index in [1.165, 1.54) is 71.8 Å². The molecule has 2 N–H and O–H groups in total. The molecule has 0 saturated heterocycles. The SMILES string of the molecule is CC1(C)c2cc(-c3ccc(/C(=C/Cc4ccccc4-c4ccccc4)N=C(N)c4ccc(-c5ccccc5)cc4)c4ccccc34)ccc2-c2ccc3ccccc3c21. The van der Waals surface area contributed by atoms with Crippen molar-refractivity contribution < 1.29 is 0 Å². The van der Waals surface area contributed by atoms with Crippen LogP contribution >= 0.6 is 0 Å². The van der Waals surface area contributed by atoms with Crippen LogP contribution in [0.1, 0.15) is 41.7 Å². The average Bonchev–Trinajstić information content (AvgIpc) is 3.53. The van der Waals surface area contributed by atoms with E-state index in [0.29, 0.717) is 12.3 Å². The van der Waals surface area contributed by atoms with Gasteiger partial charge in [-0.05, 0) is 95.2 Å². The van der Waals surface area contributed by atoms with E-state index < -0.39 is 0 Å². The fourth-order valence-electron chi connectivity index (χ4n) is 9.22. The van der Waals surface area contributed by atoms with Gasteiger partial charge < -0.3 is 5.73 Å². The zero-order valence-corrected chi connectivity index (χ0v) is 33.4. The maximum atomic E-state index is 6.93. The minimum Gasteiger partial charge on any atom is -0.383 e. The predicted molar refractivity (Wildman–Crippen MR) is 251 cm³/mol. The molecule has 10 rings (SSSR count). The molecule has 1 aliphatic rings. The van der Waals surface area contributed by atoms with Gasteiger partial charge in [0.05, 0.1) is 5.70 Å². The quantitative estimate of drug-likeness (QED) is 0.122. The van der Waals surface area contributed by atoms with E-state index in [4.69, 9.17) is 10.7 Å². The Balaban J connectivity index is 1.08. The number of amidine groups is 1. The lowest BCUT2D eigenvalue weighted by atomic mass is 9.79. The van der Waals surface area contributed by atoms with Crippen LogP contribution in [-0.2, 0) is 11.8 Å². The van der Waals surface area contributed by atoms with E-state index in [9.17, 15) is 0 Å². The average molecular weight is 757 g/mol. The summed E-state index contributed by atoms with van der Waals surface area (Å²) in [7, 11) is 0. The van der Waals surface area contributed by atoms with E-state index in [1.54, 1.807) is 0 Å². The number of hydrogen-bond acceptors (Lipinski definition) is 1. The lowest BCUT2D eigenvalue weighted by molar-refractivity contribution is 0.666. The summed E-state index contributed by atoms with van der Waals surface area (Å²) in [5, 5.41) is 4.94. The summed E-state index contributed by atoms with van der Waals surface area (Å²) in [6, 6.07) is 71.7. The van der Waals surface area contributed by atoms with Crippen molar-refractivity contribution >= 4 is 33.1 Å². The highest BCUT2D eigenvalue weighted by Gasteiger charge is 2.37. The van der Waals surface area contributed by atoms with Gasteiger partial charge in [-0.1, -0.05) is 214 Å². The Morgan fingerprint density at radius 2 is 1.08 bits per heavy atom. The van der Waals surface area contributed by atoms with Crippen molar-refractivity contribution in [3.63, 3.8) is 0 Å². The standard InChI is InChI=1S/C57H44N2/c1-57(2)53-37-44(30-32-50(53)52-33-29-42-20-10-12-22-47(42)55(52)57)46-34-35-51(49-24-14-13-23-48(46)49)54(36-31-41-19-9-11-21-45(41)40-17-7-4-8-18-40)59-56(58)43-27-25-39(26-28-43)38-15-5-3-6-16-38/h3-30,32-37H,31H2,1-2H3,(H2,58,59)/b54-36-. The third kappa shape index (κ3) is 6.53. The second-order valence-electron chi connectivity index (χ2n) is 16.1. The third-order valence-corrected chi connectivity index (χ3v) is 12.2.